The molecule has 21 heavy (non-hydrogen) atoms. The minimum Gasteiger partial charge on any atom is -0.464 e. The molecule has 6 nitrogen and oxygen atoms in total. The van der Waals surface area contributed by atoms with E-state index in [2.05, 4.69) is 5.32 Å². The molecule has 0 aromatic carbocycles. The van der Waals surface area contributed by atoms with Crippen LogP contribution < -0.4 is 5.32 Å². The molecular weight excluding hydrogens is 272 g/mol. The SMILES string of the molecule is CCOC(=O)[C@H](CC(C)C)NC(=O)[C@@H]1CCCN1C(C)=O. The normalized spacial score (nSPS) is 19.5. The van der Waals surface area contributed by atoms with Gasteiger partial charge >= 0.3 is 5.97 Å². The maximum atomic E-state index is 12.3. The van der Waals surface area contributed by atoms with Crippen molar-refractivity contribution in [3.05, 3.63) is 0 Å². The maximum absolute atomic E-state index is 12.3. The highest BCUT2D eigenvalue weighted by atomic mass is 16.5. The number of amides is 2. The number of hydrogen-bond donors (Lipinski definition) is 1. The number of nitrogens with zero attached hydrogens (tertiary/aromatic N) is 1. The number of hydrogen-bond acceptors (Lipinski definition) is 4. The van der Waals surface area contributed by atoms with Crippen LogP contribution in [0.25, 0.3) is 0 Å². The molecule has 6 heteroatoms. The Morgan fingerprint density at radius 1 is 1.33 bits per heavy atom. The van der Waals surface area contributed by atoms with Gasteiger partial charge in [-0.15, -0.1) is 0 Å². The van der Waals surface area contributed by atoms with Gasteiger partial charge in [-0.2, -0.15) is 0 Å². The molecule has 1 aliphatic rings. The summed E-state index contributed by atoms with van der Waals surface area (Å²) in [7, 11) is 0. The summed E-state index contributed by atoms with van der Waals surface area (Å²) >= 11 is 0. The summed E-state index contributed by atoms with van der Waals surface area (Å²) in [6.07, 6.45) is 1.98. The van der Waals surface area contributed by atoms with Gasteiger partial charge in [0.05, 0.1) is 6.61 Å². The molecule has 120 valence electrons. The molecule has 1 fully saturated rings. The average Bonchev–Trinajstić information content (AvgIpc) is 2.87. The van der Waals surface area contributed by atoms with Crippen LogP contribution in [0.2, 0.25) is 0 Å². The Morgan fingerprint density at radius 2 is 2.00 bits per heavy atom. The molecule has 1 rings (SSSR count). The fourth-order valence-electron chi connectivity index (χ4n) is 2.61. The molecule has 0 saturated carbocycles. The zero-order chi connectivity index (χ0) is 16.0. The van der Waals surface area contributed by atoms with Crippen LogP contribution in [0.15, 0.2) is 0 Å². The zero-order valence-electron chi connectivity index (χ0n) is 13.3. The van der Waals surface area contributed by atoms with E-state index in [0.29, 0.717) is 19.4 Å². The summed E-state index contributed by atoms with van der Waals surface area (Å²) in [5.41, 5.74) is 0. The van der Waals surface area contributed by atoms with E-state index in [4.69, 9.17) is 4.74 Å². The van der Waals surface area contributed by atoms with Gasteiger partial charge in [0.25, 0.3) is 0 Å². The molecule has 0 bridgehead atoms. The summed E-state index contributed by atoms with van der Waals surface area (Å²) < 4.78 is 5.01. The second-order valence-corrected chi connectivity index (χ2v) is 5.81. The lowest BCUT2D eigenvalue weighted by atomic mass is 10.0. The molecule has 1 N–H and O–H groups in total. The minimum atomic E-state index is -0.646. The van der Waals surface area contributed by atoms with Crippen LogP contribution >= 0.6 is 0 Å². The highest BCUT2D eigenvalue weighted by molar-refractivity contribution is 5.90. The maximum Gasteiger partial charge on any atom is 0.328 e. The van der Waals surface area contributed by atoms with Gasteiger partial charge in [-0.3, -0.25) is 9.59 Å². The molecule has 0 aromatic heterocycles. The third kappa shape index (κ3) is 5.02. The predicted octanol–water partition coefficient (Wildman–Crippen LogP) is 1.09. The van der Waals surface area contributed by atoms with Crippen molar-refractivity contribution in [3.63, 3.8) is 0 Å². The predicted molar refractivity (Wildman–Crippen MR) is 78.4 cm³/mol. The largest absolute Gasteiger partial charge is 0.464 e. The smallest absolute Gasteiger partial charge is 0.328 e. The molecule has 1 saturated heterocycles. The van der Waals surface area contributed by atoms with Gasteiger partial charge in [0.1, 0.15) is 12.1 Å². The van der Waals surface area contributed by atoms with Gasteiger partial charge in [-0.25, -0.2) is 4.79 Å². The molecule has 0 spiro atoms. The molecule has 2 amide bonds. The van der Waals surface area contributed by atoms with Crippen molar-refractivity contribution in [2.45, 2.75) is 59.0 Å². The fourth-order valence-corrected chi connectivity index (χ4v) is 2.61. The van der Waals surface area contributed by atoms with Gasteiger partial charge < -0.3 is 15.0 Å². The summed E-state index contributed by atoms with van der Waals surface area (Å²) in [5, 5.41) is 2.75. The van der Waals surface area contributed by atoms with Crippen LogP contribution in [0.5, 0.6) is 0 Å². The molecule has 0 unspecified atom stereocenters. The van der Waals surface area contributed by atoms with E-state index in [1.165, 1.54) is 6.92 Å². The van der Waals surface area contributed by atoms with Crippen molar-refractivity contribution < 1.29 is 19.1 Å². The van der Waals surface area contributed by atoms with E-state index < -0.39 is 18.1 Å². The highest BCUT2D eigenvalue weighted by Crippen LogP contribution is 2.18. The third-order valence-corrected chi connectivity index (χ3v) is 3.55. The first-order chi connectivity index (χ1) is 9.86. The lowest BCUT2D eigenvalue weighted by Gasteiger charge is -2.25. The first kappa shape index (κ1) is 17.5. The highest BCUT2D eigenvalue weighted by Gasteiger charge is 2.34. The second kappa shape index (κ2) is 8.00. The topological polar surface area (TPSA) is 75.7 Å². The first-order valence-electron chi connectivity index (χ1n) is 7.61. The Morgan fingerprint density at radius 3 is 2.52 bits per heavy atom. The number of esters is 1. The summed E-state index contributed by atoms with van der Waals surface area (Å²) in [5.74, 6) is -0.523. The zero-order valence-corrected chi connectivity index (χ0v) is 13.3. The van der Waals surface area contributed by atoms with Gasteiger partial charge in [-0.05, 0) is 32.1 Å². The van der Waals surface area contributed by atoms with Crippen LogP contribution in [0.3, 0.4) is 0 Å². The summed E-state index contributed by atoms with van der Waals surface area (Å²) in [6, 6.07) is -1.11. The summed E-state index contributed by atoms with van der Waals surface area (Å²) in [4.78, 5) is 37.4. The van der Waals surface area contributed by atoms with Crippen molar-refractivity contribution in [2.24, 2.45) is 5.92 Å². The van der Waals surface area contributed by atoms with E-state index in [-0.39, 0.29) is 24.3 Å². The minimum absolute atomic E-state index is 0.107. The Balaban J connectivity index is 2.70. The number of nitrogens with one attached hydrogen (secondary N) is 1. The first-order valence-corrected chi connectivity index (χ1v) is 7.61. The van der Waals surface area contributed by atoms with Gasteiger partial charge in [0.2, 0.25) is 11.8 Å². The Kier molecular flexibility index (Phi) is 6.65. The molecule has 1 aliphatic heterocycles. The van der Waals surface area contributed by atoms with Crippen molar-refractivity contribution >= 4 is 17.8 Å². The van der Waals surface area contributed by atoms with E-state index in [1.807, 2.05) is 13.8 Å². The van der Waals surface area contributed by atoms with Crippen molar-refractivity contribution in [2.75, 3.05) is 13.2 Å². The van der Waals surface area contributed by atoms with Crippen molar-refractivity contribution in [1.82, 2.24) is 10.2 Å². The number of carbonyl (C=O) groups is 3. The monoisotopic (exact) mass is 298 g/mol. The average molecular weight is 298 g/mol. The van der Waals surface area contributed by atoms with E-state index in [0.717, 1.165) is 6.42 Å². The molecule has 0 aliphatic carbocycles. The molecule has 1 heterocycles. The Hall–Kier alpha value is -1.59. The molecular formula is C15H26N2O4. The van der Waals surface area contributed by atoms with Crippen LogP contribution in [-0.4, -0.2) is 47.9 Å². The molecule has 2 atom stereocenters. The number of likely N-dealkylation sites (tertiary alicyclic amines) is 1. The van der Waals surface area contributed by atoms with E-state index in [9.17, 15) is 14.4 Å². The van der Waals surface area contributed by atoms with Gasteiger partial charge in [0, 0.05) is 13.5 Å². The lowest BCUT2D eigenvalue weighted by molar-refractivity contribution is -0.148. The van der Waals surface area contributed by atoms with Crippen LogP contribution in [0, 0.1) is 5.92 Å². The van der Waals surface area contributed by atoms with Crippen LogP contribution in [-0.2, 0) is 19.1 Å². The van der Waals surface area contributed by atoms with Crippen molar-refractivity contribution in [1.29, 1.82) is 0 Å². The number of rotatable bonds is 6. The Labute approximate surface area is 126 Å². The van der Waals surface area contributed by atoms with Gasteiger partial charge in [-0.1, -0.05) is 13.8 Å². The Bertz CT molecular complexity index is 395. The summed E-state index contributed by atoms with van der Waals surface area (Å²) in [6.45, 7) is 8.04. The second-order valence-electron chi connectivity index (χ2n) is 5.81. The third-order valence-electron chi connectivity index (χ3n) is 3.55. The fraction of sp³-hybridized carbons (Fsp3) is 0.800. The molecule has 0 radical (unpaired) electrons. The number of carbonyl (C=O) groups excluding carboxylic acids is 3. The van der Waals surface area contributed by atoms with Gasteiger partial charge in [0.15, 0.2) is 0 Å². The van der Waals surface area contributed by atoms with Crippen LogP contribution in [0.1, 0.15) is 47.0 Å². The van der Waals surface area contributed by atoms with E-state index >= 15 is 0 Å². The number of ether oxygens (including phenoxy) is 1. The molecule has 0 aromatic rings. The standard InChI is InChI=1S/C15H26N2O4/c1-5-21-15(20)12(9-10(2)3)16-14(19)13-7-6-8-17(13)11(4)18/h10,12-13H,5-9H2,1-4H3,(H,16,19)/t12-,13-/m0/s1. The van der Waals surface area contributed by atoms with Crippen LogP contribution in [0.4, 0.5) is 0 Å². The van der Waals surface area contributed by atoms with Crippen molar-refractivity contribution in [3.8, 4) is 0 Å². The lowest BCUT2D eigenvalue weighted by Crippen LogP contribution is -2.51. The van der Waals surface area contributed by atoms with E-state index in [1.54, 1.807) is 11.8 Å². The quantitative estimate of drug-likeness (QED) is 0.745.